The molecular weight excluding hydrogens is 238 g/mol. The van der Waals surface area contributed by atoms with Crippen molar-refractivity contribution in [3.63, 3.8) is 0 Å². The van der Waals surface area contributed by atoms with Crippen molar-refractivity contribution in [3.8, 4) is 0 Å². The first kappa shape index (κ1) is 12.4. The molecule has 100 valence electrons. The van der Waals surface area contributed by atoms with Gasteiger partial charge in [-0.3, -0.25) is 4.98 Å². The zero-order valence-corrected chi connectivity index (χ0v) is 11.2. The van der Waals surface area contributed by atoms with E-state index in [4.69, 9.17) is 4.74 Å². The third-order valence-electron chi connectivity index (χ3n) is 3.73. The van der Waals surface area contributed by atoms with E-state index in [1.807, 2.05) is 30.5 Å². The predicted molar refractivity (Wildman–Crippen MR) is 76.2 cm³/mol. The number of fused-ring (bicyclic) bond motifs is 1. The molecule has 19 heavy (non-hydrogen) atoms. The molecule has 1 N–H and O–H groups in total. The molecule has 0 bridgehead atoms. The van der Waals surface area contributed by atoms with Gasteiger partial charge in [0.05, 0.1) is 23.8 Å². The van der Waals surface area contributed by atoms with E-state index in [-0.39, 0.29) is 0 Å². The predicted octanol–water partition coefficient (Wildman–Crippen LogP) is 2.86. The second kappa shape index (κ2) is 5.53. The Labute approximate surface area is 113 Å². The lowest BCUT2D eigenvalue weighted by molar-refractivity contribution is 0.0496. The van der Waals surface area contributed by atoms with E-state index in [0.717, 1.165) is 36.5 Å². The van der Waals surface area contributed by atoms with E-state index in [1.165, 1.54) is 6.42 Å². The first-order chi connectivity index (χ1) is 9.33. The lowest BCUT2D eigenvalue weighted by atomic mass is 9.95. The molecule has 2 heterocycles. The maximum absolute atomic E-state index is 5.54. The van der Waals surface area contributed by atoms with E-state index in [1.54, 1.807) is 0 Å². The summed E-state index contributed by atoms with van der Waals surface area (Å²) in [6.07, 6.45) is 4.18. The monoisotopic (exact) mass is 257 g/mol. The molecule has 2 atom stereocenters. The highest BCUT2D eigenvalue weighted by molar-refractivity contribution is 5.75. The van der Waals surface area contributed by atoms with Gasteiger partial charge in [0, 0.05) is 18.6 Å². The van der Waals surface area contributed by atoms with Gasteiger partial charge in [0.2, 0.25) is 0 Å². The molecule has 1 aromatic heterocycles. The number of hydrogen-bond acceptors (Lipinski definition) is 4. The van der Waals surface area contributed by atoms with Crippen molar-refractivity contribution >= 4 is 16.9 Å². The quantitative estimate of drug-likeness (QED) is 0.918. The van der Waals surface area contributed by atoms with Gasteiger partial charge in [0.1, 0.15) is 5.82 Å². The highest BCUT2D eigenvalue weighted by atomic mass is 16.5. The maximum atomic E-state index is 5.54. The van der Waals surface area contributed by atoms with E-state index >= 15 is 0 Å². The van der Waals surface area contributed by atoms with Gasteiger partial charge in [-0.1, -0.05) is 12.1 Å². The Hall–Kier alpha value is -1.68. The topological polar surface area (TPSA) is 47.0 Å². The number of rotatable bonds is 3. The summed E-state index contributed by atoms with van der Waals surface area (Å²) in [5, 5.41) is 3.45. The molecule has 0 aliphatic carbocycles. The minimum atomic E-state index is 0.357. The Kier molecular flexibility index (Phi) is 3.60. The fourth-order valence-electron chi connectivity index (χ4n) is 2.54. The van der Waals surface area contributed by atoms with Crippen LogP contribution in [0.5, 0.6) is 0 Å². The highest BCUT2D eigenvalue weighted by Crippen LogP contribution is 2.20. The average molecular weight is 257 g/mol. The number of nitrogens with zero attached hydrogens (tertiary/aromatic N) is 2. The van der Waals surface area contributed by atoms with Gasteiger partial charge in [-0.2, -0.15) is 0 Å². The van der Waals surface area contributed by atoms with Crippen molar-refractivity contribution in [2.75, 3.05) is 18.5 Å². The summed E-state index contributed by atoms with van der Waals surface area (Å²) in [5.74, 6) is 1.40. The summed E-state index contributed by atoms with van der Waals surface area (Å²) in [4.78, 5) is 9.02. The van der Waals surface area contributed by atoms with Gasteiger partial charge in [0.25, 0.3) is 0 Å². The number of aromatic nitrogens is 2. The second-order valence-corrected chi connectivity index (χ2v) is 5.15. The van der Waals surface area contributed by atoms with E-state index < -0.39 is 0 Å². The Morgan fingerprint density at radius 1 is 1.32 bits per heavy atom. The van der Waals surface area contributed by atoms with E-state index in [0.29, 0.717) is 12.0 Å². The second-order valence-electron chi connectivity index (χ2n) is 5.15. The average Bonchev–Trinajstić information content (AvgIpc) is 2.48. The summed E-state index contributed by atoms with van der Waals surface area (Å²) in [5.41, 5.74) is 1.86. The van der Waals surface area contributed by atoms with Crippen molar-refractivity contribution in [3.05, 3.63) is 30.5 Å². The van der Waals surface area contributed by atoms with Crippen LogP contribution in [0.3, 0.4) is 0 Å². The molecule has 2 aromatic rings. The summed E-state index contributed by atoms with van der Waals surface area (Å²) in [7, 11) is 0. The molecule has 1 aliphatic rings. The largest absolute Gasteiger partial charge is 0.381 e. The van der Waals surface area contributed by atoms with Crippen LogP contribution in [0.4, 0.5) is 5.82 Å². The number of ether oxygens (including phenoxy) is 1. The van der Waals surface area contributed by atoms with Gasteiger partial charge < -0.3 is 10.1 Å². The lowest BCUT2D eigenvalue weighted by Gasteiger charge is -2.28. The van der Waals surface area contributed by atoms with E-state index in [2.05, 4.69) is 22.2 Å². The van der Waals surface area contributed by atoms with Crippen LogP contribution in [0.15, 0.2) is 30.5 Å². The summed E-state index contributed by atoms with van der Waals surface area (Å²) in [6.45, 7) is 3.93. The van der Waals surface area contributed by atoms with Gasteiger partial charge in [-0.15, -0.1) is 0 Å². The Morgan fingerprint density at radius 3 is 2.95 bits per heavy atom. The number of anilines is 1. The number of hydrogen-bond donors (Lipinski definition) is 1. The van der Waals surface area contributed by atoms with Crippen LogP contribution in [0.2, 0.25) is 0 Å². The first-order valence-corrected chi connectivity index (χ1v) is 6.89. The first-order valence-electron chi connectivity index (χ1n) is 6.89. The van der Waals surface area contributed by atoms with Crippen LogP contribution < -0.4 is 5.32 Å². The maximum Gasteiger partial charge on any atom is 0.145 e. The van der Waals surface area contributed by atoms with Crippen molar-refractivity contribution in [1.29, 1.82) is 0 Å². The minimum absolute atomic E-state index is 0.357. The zero-order chi connectivity index (χ0) is 13.1. The molecule has 1 aromatic carbocycles. The van der Waals surface area contributed by atoms with Gasteiger partial charge >= 0.3 is 0 Å². The highest BCUT2D eigenvalue weighted by Gasteiger charge is 2.20. The molecule has 0 saturated carbocycles. The van der Waals surface area contributed by atoms with Gasteiger partial charge in [-0.25, -0.2) is 4.98 Å². The van der Waals surface area contributed by atoms with Gasteiger partial charge in [0.15, 0.2) is 0 Å². The SMILES string of the molecule is C[C@H](Nc1cnc2ccccc2n1)[C@@H]1CCCOC1. The number of para-hydroxylation sites is 2. The Bertz CT molecular complexity index is 552. The summed E-state index contributed by atoms with van der Waals surface area (Å²) < 4.78 is 5.54. The third-order valence-corrected chi connectivity index (χ3v) is 3.73. The Balaban J connectivity index is 1.73. The smallest absolute Gasteiger partial charge is 0.145 e. The zero-order valence-electron chi connectivity index (χ0n) is 11.2. The number of benzene rings is 1. The van der Waals surface area contributed by atoms with Crippen molar-refractivity contribution in [2.45, 2.75) is 25.8 Å². The molecule has 3 rings (SSSR count). The standard InChI is InChI=1S/C15H19N3O/c1-11(12-5-4-8-19-10-12)17-15-9-16-13-6-2-3-7-14(13)18-15/h2-3,6-7,9,11-12H,4-5,8,10H2,1H3,(H,17,18)/t11-,12+/m0/s1. The third kappa shape index (κ3) is 2.84. The van der Waals surface area contributed by atoms with Crippen molar-refractivity contribution in [1.82, 2.24) is 9.97 Å². The molecule has 4 heteroatoms. The minimum Gasteiger partial charge on any atom is -0.381 e. The molecule has 0 spiro atoms. The Morgan fingerprint density at radius 2 is 2.16 bits per heavy atom. The van der Waals surface area contributed by atoms with E-state index in [9.17, 15) is 0 Å². The van der Waals surface area contributed by atoms with Crippen LogP contribution in [0, 0.1) is 5.92 Å². The van der Waals surface area contributed by atoms with Crippen LogP contribution in [-0.4, -0.2) is 29.2 Å². The summed E-state index contributed by atoms with van der Waals surface area (Å²) in [6, 6.07) is 8.29. The van der Waals surface area contributed by atoms with Crippen LogP contribution in [-0.2, 0) is 4.74 Å². The van der Waals surface area contributed by atoms with Gasteiger partial charge in [-0.05, 0) is 31.9 Å². The molecule has 1 fully saturated rings. The molecule has 4 nitrogen and oxygen atoms in total. The number of nitrogens with one attached hydrogen (secondary N) is 1. The molecule has 0 radical (unpaired) electrons. The van der Waals surface area contributed by atoms with Crippen LogP contribution >= 0.6 is 0 Å². The van der Waals surface area contributed by atoms with Crippen LogP contribution in [0.1, 0.15) is 19.8 Å². The fraction of sp³-hybridized carbons (Fsp3) is 0.467. The molecule has 1 aliphatic heterocycles. The normalized spacial score (nSPS) is 21.2. The molecule has 0 unspecified atom stereocenters. The lowest BCUT2D eigenvalue weighted by Crippen LogP contribution is -2.32. The van der Waals surface area contributed by atoms with Crippen molar-refractivity contribution in [2.24, 2.45) is 5.92 Å². The molecule has 1 saturated heterocycles. The van der Waals surface area contributed by atoms with Crippen molar-refractivity contribution < 1.29 is 4.74 Å². The van der Waals surface area contributed by atoms with Crippen LogP contribution in [0.25, 0.3) is 11.0 Å². The molecular formula is C15H19N3O. The summed E-state index contributed by atoms with van der Waals surface area (Å²) >= 11 is 0. The molecule has 0 amide bonds. The fourth-order valence-corrected chi connectivity index (χ4v) is 2.54.